The number of ether oxygens (including phenoxy) is 2. The molecule has 0 N–H and O–H groups in total. The molecule has 7 nitrogen and oxygen atoms in total. The lowest BCUT2D eigenvalue weighted by molar-refractivity contribution is -0.0665. The van der Waals surface area contributed by atoms with Crippen LogP contribution in [0.4, 0.5) is 4.79 Å². The lowest BCUT2D eigenvalue weighted by atomic mass is 9.52. The molecule has 1 unspecified atom stereocenters. The van der Waals surface area contributed by atoms with Gasteiger partial charge in [-0.15, -0.1) is 0 Å². The number of carbonyl (C=O) groups is 1. The Labute approximate surface area is 251 Å². The highest BCUT2D eigenvalue weighted by atomic mass is 16.6. The molecule has 0 bridgehead atoms. The topological polar surface area (TPSA) is 87.5 Å². The molecule has 6 aliphatic rings. The van der Waals surface area contributed by atoms with Crippen molar-refractivity contribution in [2.75, 3.05) is 6.54 Å². The Morgan fingerprint density at radius 3 is 2.74 bits per heavy atom. The van der Waals surface area contributed by atoms with Crippen molar-refractivity contribution in [3.8, 4) is 0 Å². The van der Waals surface area contributed by atoms with Crippen LogP contribution in [0.15, 0.2) is 46.6 Å². The zero-order valence-electron chi connectivity index (χ0n) is 25.9. The van der Waals surface area contributed by atoms with Gasteiger partial charge in [-0.2, -0.15) is 0 Å². The number of piperidine rings is 1. The quantitative estimate of drug-likeness (QED) is 0.158. The van der Waals surface area contributed by atoms with Crippen LogP contribution >= 0.6 is 0 Å². The number of amides is 1. The number of rotatable bonds is 3. The fourth-order valence-electron chi connectivity index (χ4n) is 11.1. The normalized spacial score (nSPS) is 44.1. The average Bonchev–Trinajstić information content (AvgIpc) is 3.51. The highest BCUT2D eigenvalue weighted by Crippen LogP contribution is 2.66. The Hall–Kier alpha value is -2.50. The van der Waals surface area contributed by atoms with Crippen LogP contribution in [-0.4, -0.2) is 41.3 Å². The highest BCUT2D eigenvalue weighted by molar-refractivity contribution is 5.68. The molecular formula is C35H48N4O3. The Bertz CT molecular complexity index is 1290. The molecule has 3 saturated carbocycles. The summed E-state index contributed by atoms with van der Waals surface area (Å²) in [7, 11) is 0. The first kappa shape index (κ1) is 28.3. The molecule has 0 radical (unpaired) electrons. The second-order valence-corrected chi connectivity index (χ2v) is 15.0. The summed E-state index contributed by atoms with van der Waals surface area (Å²) in [5.41, 5.74) is 13.3. The van der Waals surface area contributed by atoms with E-state index in [1.54, 1.807) is 5.57 Å². The molecule has 1 spiro atoms. The fraction of sp³-hybridized carbons (Fsp3) is 0.743. The molecule has 7 heteroatoms. The Kier molecular flexibility index (Phi) is 7.13. The first-order valence-corrected chi connectivity index (χ1v) is 16.6. The summed E-state index contributed by atoms with van der Waals surface area (Å²) < 4.78 is 13.1. The standard InChI is InChI=1S/C35H48N4O3/c1-21-16-31-32(39(19-21)33(40)41-20-24-8-6-5-7-9-24)23(3)35(42-31)15-13-27-28-11-10-25-17-26(37-38-36)12-14-34(25,4)30(28)18-29(27)22(35)2/h5-9,21,23,25-28,30-32H,10-20H2,1-4H3/t21-,23+,25+,26+,27-,28?,30-,31+,32-,34-,35-/m0/s1. The van der Waals surface area contributed by atoms with Gasteiger partial charge in [0.15, 0.2) is 0 Å². The predicted molar refractivity (Wildman–Crippen MR) is 162 cm³/mol. The van der Waals surface area contributed by atoms with E-state index in [0.29, 0.717) is 29.8 Å². The van der Waals surface area contributed by atoms with Crippen molar-refractivity contribution in [1.82, 2.24) is 4.90 Å². The number of likely N-dealkylation sites (tertiary alicyclic amines) is 1. The van der Waals surface area contributed by atoms with Crippen LogP contribution in [0.1, 0.15) is 91.0 Å². The van der Waals surface area contributed by atoms with Gasteiger partial charge in [0.2, 0.25) is 0 Å². The zero-order valence-corrected chi connectivity index (χ0v) is 25.9. The van der Waals surface area contributed by atoms with Gasteiger partial charge in [0.05, 0.1) is 17.7 Å². The van der Waals surface area contributed by atoms with Crippen LogP contribution < -0.4 is 0 Å². The molecule has 1 aromatic carbocycles. The smallest absolute Gasteiger partial charge is 0.410 e. The van der Waals surface area contributed by atoms with Gasteiger partial charge in [-0.3, -0.25) is 0 Å². The number of carbonyl (C=O) groups excluding carboxylic acids is 1. The first-order chi connectivity index (χ1) is 20.2. The van der Waals surface area contributed by atoms with Crippen LogP contribution in [0.2, 0.25) is 0 Å². The van der Waals surface area contributed by atoms with Gasteiger partial charge in [-0.25, -0.2) is 4.79 Å². The lowest BCUT2D eigenvalue weighted by Gasteiger charge is -2.53. The molecule has 1 amide bonds. The molecule has 226 valence electrons. The first-order valence-electron chi connectivity index (χ1n) is 16.6. The van der Waals surface area contributed by atoms with Gasteiger partial charge in [0.1, 0.15) is 6.61 Å². The van der Waals surface area contributed by atoms with E-state index in [9.17, 15) is 4.79 Å². The van der Waals surface area contributed by atoms with Crippen molar-refractivity contribution in [2.45, 2.75) is 116 Å². The number of benzene rings is 1. The SMILES string of the molecule is CC1=C2C[C@H]3C(CC[C@@H]4C[C@H](N=[N+]=[N-])CC[C@@]43C)[C@@H]2CC[C@]12O[C@@H]1C[C@H](C)CN(C(=O)OCc3ccccc3)[C@H]1[C@H]2C. The molecule has 42 heavy (non-hydrogen) atoms. The highest BCUT2D eigenvalue weighted by Gasteiger charge is 2.63. The molecule has 4 aliphatic carbocycles. The Morgan fingerprint density at radius 1 is 1.14 bits per heavy atom. The largest absolute Gasteiger partial charge is 0.445 e. The molecule has 0 aromatic heterocycles. The minimum absolute atomic E-state index is 0.0538. The molecule has 11 atom stereocenters. The van der Waals surface area contributed by atoms with E-state index < -0.39 is 0 Å². The van der Waals surface area contributed by atoms with Crippen LogP contribution in [0, 0.1) is 40.9 Å². The van der Waals surface area contributed by atoms with Gasteiger partial charge < -0.3 is 14.4 Å². The predicted octanol–water partition coefficient (Wildman–Crippen LogP) is 8.45. The summed E-state index contributed by atoms with van der Waals surface area (Å²) in [5.74, 6) is 3.45. The molecule has 2 heterocycles. The average molecular weight is 573 g/mol. The lowest BCUT2D eigenvalue weighted by Crippen LogP contribution is -2.54. The van der Waals surface area contributed by atoms with Gasteiger partial charge in [0, 0.05) is 23.4 Å². The van der Waals surface area contributed by atoms with Crippen molar-refractivity contribution in [1.29, 1.82) is 0 Å². The second kappa shape index (κ2) is 10.6. The number of allylic oxidation sites excluding steroid dienone is 1. The number of hydrogen-bond acceptors (Lipinski definition) is 4. The maximum absolute atomic E-state index is 13.6. The van der Waals surface area contributed by atoms with E-state index in [-0.39, 0.29) is 35.8 Å². The van der Waals surface area contributed by atoms with Gasteiger partial charge in [0.25, 0.3) is 0 Å². The summed E-state index contributed by atoms with van der Waals surface area (Å²) in [4.78, 5) is 18.7. The number of fused-ring (bicyclic) bond motifs is 6. The monoisotopic (exact) mass is 572 g/mol. The van der Waals surface area contributed by atoms with E-state index in [1.165, 1.54) is 37.7 Å². The van der Waals surface area contributed by atoms with Crippen LogP contribution in [-0.2, 0) is 16.1 Å². The van der Waals surface area contributed by atoms with Gasteiger partial charge >= 0.3 is 6.09 Å². The summed E-state index contributed by atoms with van der Waals surface area (Å²) >= 11 is 0. The summed E-state index contributed by atoms with van der Waals surface area (Å²) in [6.07, 6.45) is 10.2. The molecule has 1 aromatic rings. The van der Waals surface area contributed by atoms with E-state index in [2.05, 4.69) is 37.7 Å². The molecule has 5 fully saturated rings. The van der Waals surface area contributed by atoms with E-state index >= 15 is 0 Å². The van der Waals surface area contributed by atoms with E-state index in [4.69, 9.17) is 15.0 Å². The summed E-state index contributed by atoms with van der Waals surface area (Å²) in [5, 5.41) is 4.14. The molecular weight excluding hydrogens is 524 g/mol. The third-order valence-corrected chi connectivity index (χ3v) is 13.2. The van der Waals surface area contributed by atoms with Gasteiger partial charge in [-0.1, -0.05) is 61.8 Å². The van der Waals surface area contributed by atoms with E-state index in [1.807, 2.05) is 35.2 Å². The van der Waals surface area contributed by atoms with Crippen LogP contribution in [0.25, 0.3) is 10.4 Å². The van der Waals surface area contributed by atoms with Crippen molar-refractivity contribution in [3.63, 3.8) is 0 Å². The summed E-state index contributed by atoms with van der Waals surface area (Å²) in [6, 6.07) is 10.2. The van der Waals surface area contributed by atoms with Crippen molar-refractivity contribution >= 4 is 6.09 Å². The van der Waals surface area contributed by atoms with Crippen LogP contribution in [0.5, 0.6) is 0 Å². The minimum Gasteiger partial charge on any atom is -0.445 e. The number of nitrogens with zero attached hydrogens (tertiary/aromatic N) is 4. The maximum atomic E-state index is 13.6. The minimum atomic E-state index is -0.282. The number of hydrogen-bond donors (Lipinski definition) is 0. The van der Waals surface area contributed by atoms with E-state index in [0.717, 1.165) is 49.6 Å². The van der Waals surface area contributed by atoms with Crippen molar-refractivity contribution < 1.29 is 14.3 Å². The number of azide groups is 1. The fourth-order valence-corrected chi connectivity index (χ4v) is 11.1. The molecule has 7 rings (SSSR count). The van der Waals surface area contributed by atoms with Gasteiger partial charge in [-0.05, 0) is 116 Å². The molecule has 2 saturated heterocycles. The Balaban J connectivity index is 1.13. The summed E-state index contributed by atoms with van der Waals surface area (Å²) in [6.45, 7) is 10.6. The maximum Gasteiger partial charge on any atom is 0.410 e. The second-order valence-electron chi connectivity index (χ2n) is 15.0. The van der Waals surface area contributed by atoms with Crippen LogP contribution in [0.3, 0.4) is 0 Å². The van der Waals surface area contributed by atoms with Crippen molar-refractivity contribution in [2.24, 2.45) is 46.0 Å². The zero-order chi connectivity index (χ0) is 29.2. The van der Waals surface area contributed by atoms with Crippen molar-refractivity contribution in [3.05, 3.63) is 57.5 Å². The molecule has 2 aliphatic heterocycles. The third kappa shape index (κ3) is 4.32. The third-order valence-electron chi connectivity index (χ3n) is 13.2. The Morgan fingerprint density at radius 2 is 1.95 bits per heavy atom.